The zero-order valence-corrected chi connectivity index (χ0v) is 15.7. The maximum atomic E-state index is 12.2. The fourth-order valence-corrected chi connectivity index (χ4v) is 3.15. The van der Waals surface area contributed by atoms with E-state index in [0.717, 1.165) is 42.9 Å². The van der Waals surface area contributed by atoms with Gasteiger partial charge in [-0.15, -0.1) is 0 Å². The van der Waals surface area contributed by atoms with Gasteiger partial charge in [-0.1, -0.05) is 26.0 Å². The Hall–Kier alpha value is -2.25. The van der Waals surface area contributed by atoms with Crippen LogP contribution < -0.4 is 10.6 Å². The van der Waals surface area contributed by atoms with Gasteiger partial charge < -0.3 is 15.4 Å². The summed E-state index contributed by atoms with van der Waals surface area (Å²) in [5, 5.41) is 7.55. The highest BCUT2D eigenvalue weighted by Gasteiger charge is 2.24. The van der Waals surface area contributed by atoms with Crippen LogP contribution in [0.15, 0.2) is 24.3 Å². The van der Waals surface area contributed by atoms with Crippen molar-refractivity contribution in [3.8, 4) is 0 Å². The number of piperazine rings is 1. The number of nitrogens with zero attached hydrogens (tertiary/aromatic N) is 3. The van der Waals surface area contributed by atoms with Crippen LogP contribution in [0, 0.1) is 5.92 Å². The lowest BCUT2D eigenvalue weighted by Crippen LogP contribution is -2.43. The molecular weight excluding hydrogens is 330 g/mol. The lowest BCUT2D eigenvalue weighted by atomic mass is 10.0. The third kappa shape index (κ3) is 4.28. The second-order valence-electron chi connectivity index (χ2n) is 6.92. The number of nitrogens with one attached hydrogen (secondary N) is 2. The number of ether oxygens (including phenoxy) is 1. The van der Waals surface area contributed by atoms with E-state index in [1.165, 1.54) is 7.11 Å². The van der Waals surface area contributed by atoms with Crippen LogP contribution in [0.3, 0.4) is 0 Å². The molecule has 2 heterocycles. The summed E-state index contributed by atoms with van der Waals surface area (Å²) in [7, 11) is 1.41. The number of anilines is 1. The molecule has 1 saturated heterocycles. The van der Waals surface area contributed by atoms with Gasteiger partial charge >= 0.3 is 5.97 Å². The Balaban J connectivity index is 1.92. The molecule has 0 saturated carbocycles. The summed E-state index contributed by atoms with van der Waals surface area (Å²) >= 11 is 0. The number of hydrogen-bond acceptors (Lipinski definition) is 7. The SMILES string of the molecule is COC(=O)C(Nc1nc(CN2CCNCC2)nc2ccccc12)C(C)C. The van der Waals surface area contributed by atoms with Gasteiger partial charge in [-0.3, -0.25) is 4.90 Å². The molecule has 1 aliphatic heterocycles. The Morgan fingerprint density at radius 3 is 2.69 bits per heavy atom. The molecule has 2 N–H and O–H groups in total. The second-order valence-corrected chi connectivity index (χ2v) is 6.92. The maximum absolute atomic E-state index is 12.2. The van der Waals surface area contributed by atoms with Gasteiger partial charge in [-0.05, 0) is 18.1 Å². The van der Waals surface area contributed by atoms with Gasteiger partial charge in [-0.25, -0.2) is 14.8 Å². The lowest BCUT2D eigenvalue weighted by molar-refractivity contribution is -0.142. The molecule has 0 amide bonds. The summed E-state index contributed by atoms with van der Waals surface area (Å²) in [5.41, 5.74) is 0.877. The Bertz CT molecular complexity index is 759. The van der Waals surface area contributed by atoms with Gasteiger partial charge in [0.2, 0.25) is 0 Å². The van der Waals surface area contributed by atoms with E-state index >= 15 is 0 Å². The van der Waals surface area contributed by atoms with Crippen molar-refractivity contribution in [1.29, 1.82) is 0 Å². The molecule has 2 aromatic rings. The van der Waals surface area contributed by atoms with Gasteiger partial charge in [0.25, 0.3) is 0 Å². The summed E-state index contributed by atoms with van der Waals surface area (Å²) < 4.78 is 4.95. The molecule has 0 aliphatic carbocycles. The number of carbonyl (C=O) groups excluding carboxylic acids is 1. The third-order valence-electron chi connectivity index (χ3n) is 4.64. The first kappa shape index (κ1) is 18.5. The highest BCUT2D eigenvalue weighted by atomic mass is 16.5. The van der Waals surface area contributed by atoms with Crippen molar-refractivity contribution >= 4 is 22.7 Å². The Morgan fingerprint density at radius 1 is 1.27 bits per heavy atom. The fourth-order valence-electron chi connectivity index (χ4n) is 3.15. The molecule has 1 aromatic heterocycles. The number of carbonyl (C=O) groups is 1. The normalized spacial score (nSPS) is 16.6. The predicted molar refractivity (Wildman–Crippen MR) is 102 cm³/mol. The first-order valence-corrected chi connectivity index (χ1v) is 9.11. The minimum absolute atomic E-state index is 0.0767. The van der Waals surface area contributed by atoms with Crippen LogP contribution in [0.4, 0.5) is 5.82 Å². The van der Waals surface area contributed by atoms with E-state index in [-0.39, 0.29) is 11.9 Å². The Labute approximate surface area is 154 Å². The molecule has 0 bridgehead atoms. The van der Waals surface area contributed by atoms with E-state index < -0.39 is 6.04 Å². The lowest BCUT2D eigenvalue weighted by Gasteiger charge is -2.27. The molecule has 140 valence electrons. The summed E-state index contributed by atoms with van der Waals surface area (Å²) in [5.74, 6) is 1.24. The van der Waals surface area contributed by atoms with Crippen LogP contribution in [0.5, 0.6) is 0 Å². The molecule has 1 aromatic carbocycles. The van der Waals surface area contributed by atoms with Crippen LogP contribution in [-0.2, 0) is 16.1 Å². The molecule has 7 nitrogen and oxygen atoms in total. The molecule has 0 radical (unpaired) electrons. The van der Waals surface area contributed by atoms with Crippen molar-refractivity contribution in [2.45, 2.75) is 26.4 Å². The van der Waals surface area contributed by atoms with Crippen LogP contribution in [0.1, 0.15) is 19.7 Å². The molecule has 0 spiro atoms. The number of benzene rings is 1. The number of para-hydroxylation sites is 1. The number of esters is 1. The van der Waals surface area contributed by atoms with Crippen LogP contribution in [0.2, 0.25) is 0 Å². The Kier molecular flexibility index (Phi) is 6.00. The zero-order chi connectivity index (χ0) is 18.5. The van der Waals surface area contributed by atoms with E-state index in [2.05, 4.69) is 15.5 Å². The molecular formula is C19H27N5O2. The highest BCUT2D eigenvalue weighted by molar-refractivity contribution is 5.91. The van der Waals surface area contributed by atoms with Gasteiger partial charge in [0.15, 0.2) is 0 Å². The van der Waals surface area contributed by atoms with Crippen molar-refractivity contribution in [2.24, 2.45) is 5.92 Å². The number of hydrogen-bond donors (Lipinski definition) is 2. The Morgan fingerprint density at radius 2 is 2.00 bits per heavy atom. The number of fused-ring (bicyclic) bond motifs is 1. The monoisotopic (exact) mass is 357 g/mol. The smallest absolute Gasteiger partial charge is 0.328 e. The van der Waals surface area contributed by atoms with Crippen molar-refractivity contribution in [3.63, 3.8) is 0 Å². The number of aromatic nitrogens is 2. The molecule has 3 rings (SSSR count). The third-order valence-corrected chi connectivity index (χ3v) is 4.64. The van der Waals surface area contributed by atoms with Crippen LogP contribution >= 0.6 is 0 Å². The fraction of sp³-hybridized carbons (Fsp3) is 0.526. The van der Waals surface area contributed by atoms with Crippen LogP contribution in [-0.4, -0.2) is 60.2 Å². The molecule has 7 heteroatoms. The zero-order valence-electron chi connectivity index (χ0n) is 15.7. The van der Waals surface area contributed by atoms with Gasteiger partial charge in [0.1, 0.15) is 17.7 Å². The first-order valence-electron chi connectivity index (χ1n) is 9.11. The molecule has 1 unspecified atom stereocenters. The minimum Gasteiger partial charge on any atom is -0.467 e. The first-order chi connectivity index (χ1) is 12.6. The summed E-state index contributed by atoms with van der Waals surface area (Å²) in [6.45, 7) is 8.60. The van der Waals surface area contributed by atoms with E-state index in [9.17, 15) is 4.79 Å². The van der Waals surface area contributed by atoms with Crippen LogP contribution in [0.25, 0.3) is 10.9 Å². The summed E-state index contributed by atoms with van der Waals surface area (Å²) in [4.78, 5) is 23.9. The quantitative estimate of drug-likeness (QED) is 0.761. The second kappa shape index (κ2) is 8.42. The number of methoxy groups -OCH3 is 1. The summed E-state index contributed by atoms with van der Waals surface area (Å²) in [6, 6.07) is 7.42. The van der Waals surface area contributed by atoms with Crippen molar-refractivity contribution < 1.29 is 9.53 Å². The predicted octanol–water partition coefficient (Wildman–Crippen LogP) is 1.64. The average Bonchev–Trinajstić information content (AvgIpc) is 2.66. The standard InChI is InChI=1S/C19H27N5O2/c1-13(2)17(19(25)26-3)23-18-14-6-4-5-7-15(14)21-16(22-18)12-24-10-8-20-9-11-24/h4-7,13,17,20H,8-12H2,1-3H3,(H,21,22,23). The van der Waals surface area contributed by atoms with Crippen molar-refractivity contribution in [1.82, 2.24) is 20.2 Å². The van der Waals surface area contributed by atoms with E-state index in [4.69, 9.17) is 14.7 Å². The molecule has 1 aliphatic rings. The van der Waals surface area contributed by atoms with E-state index in [1.807, 2.05) is 38.1 Å². The topological polar surface area (TPSA) is 79.4 Å². The molecule has 1 atom stereocenters. The molecule has 26 heavy (non-hydrogen) atoms. The summed E-state index contributed by atoms with van der Waals surface area (Å²) in [6.07, 6.45) is 0. The van der Waals surface area contributed by atoms with E-state index in [1.54, 1.807) is 0 Å². The van der Waals surface area contributed by atoms with Gasteiger partial charge in [-0.2, -0.15) is 0 Å². The highest BCUT2D eigenvalue weighted by Crippen LogP contribution is 2.23. The van der Waals surface area contributed by atoms with Gasteiger partial charge in [0, 0.05) is 31.6 Å². The van der Waals surface area contributed by atoms with Crippen molar-refractivity contribution in [2.75, 3.05) is 38.6 Å². The average molecular weight is 357 g/mol. The number of rotatable bonds is 6. The largest absolute Gasteiger partial charge is 0.467 e. The maximum Gasteiger partial charge on any atom is 0.328 e. The minimum atomic E-state index is -0.453. The van der Waals surface area contributed by atoms with Gasteiger partial charge in [0.05, 0.1) is 19.2 Å². The molecule has 1 fully saturated rings. The van der Waals surface area contributed by atoms with Crippen molar-refractivity contribution in [3.05, 3.63) is 30.1 Å². The van der Waals surface area contributed by atoms with E-state index in [0.29, 0.717) is 12.4 Å².